The first-order chi connectivity index (χ1) is 9.28. The minimum absolute atomic E-state index is 0.201. The molecule has 0 aliphatic carbocycles. The molecule has 112 valence electrons. The molecule has 0 saturated carbocycles. The maximum absolute atomic E-state index is 11.6. The zero-order valence-corrected chi connectivity index (χ0v) is 12.1. The summed E-state index contributed by atoms with van der Waals surface area (Å²) < 4.78 is 15.6. The van der Waals surface area contributed by atoms with Gasteiger partial charge in [0.05, 0.1) is 13.0 Å². The molecule has 1 fully saturated rings. The molecule has 20 heavy (non-hydrogen) atoms. The number of esters is 1. The summed E-state index contributed by atoms with van der Waals surface area (Å²) in [6.07, 6.45) is 1.21. The number of ether oxygens (including phenoxy) is 2. The van der Waals surface area contributed by atoms with Crippen LogP contribution in [0.2, 0.25) is 0 Å². The number of hydrogen-bond acceptors (Lipinski definition) is 7. The number of carbonyl (C=O) groups excluding carboxylic acids is 1. The Bertz CT molecular complexity index is 472. The van der Waals surface area contributed by atoms with Crippen molar-refractivity contribution in [1.82, 2.24) is 10.1 Å². The van der Waals surface area contributed by atoms with E-state index in [0.29, 0.717) is 37.8 Å². The third-order valence-electron chi connectivity index (χ3n) is 2.93. The molecule has 0 amide bonds. The minimum Gasteiger partial charge on any atom is -0.460 e. The summed E-state index contributed by atoms with van der Waals surface area (Å²) in [5.41, 5.74) is 4.97. The molecule has 2 heterocycles. The Kier molecular flexibility index (Phi) is 4.10. The molecule has 1 atom stereocenters. The van der Waals surface area contributed by atoms with Gasteiger partial charge in [-0.25, -0.2) is 0 Å². The number of hydrogen-bond donors (Lipinski definition) is 1. The highest BCUT2D eigenvalue weighted by atomic mass is 16.6. The number of aryl methyl sites for hydroxylation is 1. The molecule has 1 aliphatic rings. The van der Waals surface area contributed by atoms with Gasteiger partial charge in [-0.15, -0.1) is 0 Å². The Morgan fingerprint density at radius 2 is 2.25 bits per heavy atom. The van der Waals surface area contributed by atoms with Crippen LogP contribution in [0.1, 0.15) is 45.3 Å². The van der Waals surface area contributed by atoms with E-state index in [4.69, 9.17) is 19.7 Å². The number of rotatable bonds is 4. The van der Waals surface area contributed by atoms with E-state index < -0.39 is 11.1 Å². The van der Waals surface area contributed by atoms with E-state index >= 15 is 0 Å². The Labute approximate surface area is 117 Å². The second kappa shape index (κ2) is 5.49. The lowest BCUT2D eigenvalue weighted by Gasteiger charge is -2.19. The van der Waals surface area contributed by atoms with Crippen LogP contribution < -0.4 is 5.73 Å². The van der Waals surface area contributed by atoms with E-state index in [1.807, 2.05) is 20.8 Å². The Morgan fingerprint density at radius 1 is 1.50 bits per heavy atom. The molecule has 0 radical (unpaired) electrons. The van der Waals surface area contributed by atoms with Crippen LogP contribution in [0, 0.1) is 0 Å². The van der Waals surface area contributed by atoms with Crippen molar-refractivity contribution in [2.45, 2.75) is 51.2 Å². The Morgan fingerprint density at radius 3 is 2.85 bits per heavy atom. The predicted molar refractivity (Wildman–Crippen MR) is 69.8 cm³/mol. The lowest BCUT2D eigenvalue weighted by molar-refractivity contribution is -0.154. The molecule has 0 spiro atoms. The molecule has 1 aromatic rings. The predicted octanol–water partition coefficient (Wildman–Crippen LogP) is 0.918. The third-order valence-corrected chi connectivity index (χ3v) is 2.93. The van der Waals surface area contributed by atoms with Crippen molar-refractivity contribution >= 4 is 5.97 Å². The molecule has 1 aromatic heterocycles. The summed E-state index contributed by atoms with van der Waals surface area (Å²) in [4.78, 5) is 15.8. The minimum atomic E-state index is -0.673. The van der Waals surface area contributed by atoms with Crippen LogP contribution >= 0.6 is 0 Å². The molecule has 1 saturated heterocycles. The molecule has 1 unspecified atom stereocenters. The normalized spacial score (nSPS) is 23.0. The van der Waals surface area contributed by atoms with E-state index in [0.717, 1.165) is 0 Å². The molecule has 2 rings (SSSR count). The van der Waals surface area contributed by atoms with Gasteiger partial charge >= 0.3 is 5.97 Å². The maximum atomic E-state index is 11.6. The van der Waals surface area contributed by atoms with Crippen LogP contribution in [-0.4, -0.2) is 34.9 Å². The maximum Gasteiger partial charge on any atom is 0.306 e. The van der Waals surface area contributed by atoms with Crippen molar-refractivity contribution in [3.8, 4) is 0 Å². The van der Waals surface area contributed by atoms with Crippen molar-refractivity contribution in [2.24, 2.45) is 5.73 Å². The first kappa shape index (κ1) is 14.9. The van der Waals surface area contributed by atoms with Gasteiger partial charge in [0, 0.05) is 13.0 Å². The van der Waals surface area contributed by atoms with Crippen molar-refractivity contribution in [3.63, 3.8) is 0 Å². The fourth-order valence-corrected chi connectivity index (χ4v) is 1.92. The van der Waals surface area contributed by atoms with E-state index in [1.165, 1.54) is 0 Å². The number of aromatic nitrogens is 2. The van der Waals surface area contributed by atoms with Gasteiger partial charge in [0.1, 0.15) is 11.1 Å². The van der Waals surface area contributed by atoms with Crippen LogP contribution in [0.5, 0.6) is 0 Å². The molecule has 7 heteroatoms. The van der Waals surface area contributed by atoms with E-state index in [2.05, 4.69) is 10.1 Å². The topological polar surface area (TPSA) is 100 Å². The lowest BCUT2D eigenvalue weighted by atomic mass is 10.00. The van der Waals surface area contributed by atoms with Gasteiger partial charge < -0.3 is 19.7 Å². The first-order valence-corrected chi connectivity index (χ1v) is 6.70. The molecule has 2 N–H and O–H groups in total. The van der Waals surface area contributed by atoms with Gasteiger partial charge in [0.15, 0.2) is 5.82 Å². The summed E-state index contributed by atoms with van der Waals surface area (Å²) in [5, 5.41) is 3.88. The highest BCUT2D eigenvalue weighted by Crippen LogP contribution is 2.25. The smallest absolute Gasteiger partial charge is 0.306 e. The van der Waals surface area contributed by atoms with Gasteiger partial charge in [0.25, 0.3) is 0 Å². The molecule has 0 aromatic carbocycles. The molecule has 1 aliphatic heterocycles. The van der Waals surface area contributed by atoms with Crippen LogP contribution in [0.25, 0.3) is 0 Å². The SMILES string of the molecule is CC(C)(C)OC(=O)CCc1nc(C2(N)CCOC2)no1. The van der Waals surface area contributed by atoms with Crippen LogP contribution in [0.4, 0.5) is 0 Å². The monoisotopic (exact) mass is 283 g/mol. The van der Waals surface area contributed by atoms with Gasteiger partial charge in [-0.05, 0) is 27.2 Å². The standard InChI is InChI=1S/C13H21N3O4/c1-12(2,3)19-10(17)5-4-9-15-11(16-20-9)13(14)6-7-18-8-13/h4-8,14H2,1-3H3. The van der Waals surface area contributed by atoms with Crippen LogP contribution in [-0.2, 0) is 26.2 Å². The summed E-state index contributed by atoms with van der Waals surface area (Å²) in [6, 6.07) is 0. The van der Waals surface area contributed by atoms with E-state index in [-0.39, 0.29) is 12.4 Å². The first-order valence-electron chi connectivity index (χ1n) is 6.70. The highest BCUT2D eigenvalue weighted by Gasteiger charge is 2.37. The molecular weight excluding hydrogens is 262 g/mol. The number of nitrogens with zero attached hydrogens (tertiary/aromatic N) is 2. The zero-order chi connectivity index (χ0) is 14.8. The van der Waals surface area contributed by atoms with Crippen molar-refractivity contribution in [3.05, 3.63) is 11.7 Å². The molecule has 7 nitrogen and oxygen atoms in total. The molecule has 0 bridgehead atoms. The average molecular weight is 283 g/mol. The summed E-state index contributed by atoms with van der Waals surface area (Å²) in [5.74, 6) is 0.542. The average Bonchev–Trinajstić information content (AvgIpc) is 2.93. The van der Waals surface area contributed by atoms with Crippen molar-refractivity contribution in [1.29, 1.82) is 0 Å². The Balaban J connectivity index is 1.89. The van der Waals surface area contributed by atoms with Crippen LogP contribution in [0.3, 0.4) is 0 Å². The van der Waals surface area contributed by atoms with E-state index in [1.54, 1.807) is 0 Å². The lowest BCUT2D eigenvalue weighted by Crippen LogP contribution is -2.38. The summed E-state index contributed by atoms with van der Waals surface area (Å²) in [6.45, 7) is 6.46. The summed E-state index contributed by atoms with van der Waals surface area (Å²) >= 11 is 0. The quantitative estimate of drug-likeness (QED) is 0.820. The summed E-state index contributed by atoms with van der Waals surface area (Å²) in [7, 11) is 0. The van der Waals surface area contributed by atoms with Gasteiger partial charge in [-0.3, -0.25) is 4.79 Å². The molecular formula is C13H21N3O4. The van der Waals surface area contributed by atoms with Crippen LogP contribution in [0.15, 0.2) is 4.52 Å². The van der Waals surface area contributed by atoms with Crippen molar-refractivity contribution < 1.29 is 18.8 Å². The van der Waals surface area contributed by atoms with Gasteiger partial charge in [-0.2, -0.15) is 4.98 Å². The highest BCUT2D eigenvalue weighted by molar-refractivity contribution is 5.70. The largest absolute Gasteiger partial charge is 0.460 e. The van der Waals surface area contributed by atoms with Gasteiger partial charge in [0.2, 0.25) is 5.89 Å². The fourth-order valence-electron chi connectivity index (χ4n) is 1.92. The van der Waals surface area contributed by atoms with Gasteiger partial charge in [-0.1, -0.05) is 5.16 Å². The Hall–Kier alpha value is -1.47. The number of carbonyl (C=O) groups is 1. The zero-order valence-electron chi connectivity index (χ0n) is 12.1. The third kappa shape index (κ3) is 3.77. The fraction of sp³-hybridized carbons (Fsp3) is 0.769. The second-order valence-electron chi connectivity index (χ2n) is 6.06. The number of nitrogens with two attached hydrogens (primary N) is 1. The van der Waals surface area contributed by atoms with Crippen molar-refractivity contribution in [2.75, 3.05) is 13.2 Å². The van der Waals surface area contributed by atoms with E-state index in [9.17, 15) is 4.79 Å². The second-order valence-corrected chi connectivity index (χ2v) is 6.06.